The van der Waals surface area contributed by atoms with Crippen molar-refractivity contribution in [1.82, 2.24) is 9.80 Å². The molecule has 0 spiro atoms. The van der Waals surface area contributed by atoms with Gasteiger partial charge in [0.15, 0.2) is 0 Å². The molecule has 2 aliphatic rings. The molecule has 0 amide bonds. The predicted molar refractivity (Wildman–Crippen MR) is 82.2 cm³/mol. The number of nitrogens with zero attached hydrogens (tertiary/aromatic N) is 2. The van der Waals surface area contributed by atoms with Crippen molar-refractivity contribution < 1.29 is 0 Å². The minimum Gasteiger partial charge on any atom is -0.326 e. The lowest BCUT2D eigenvalue weighted by Crippen LogP contribution is -2.54. The summed E-state index contributed by atoms with van der Waals surface area (Å²) in [7, 11) is 4.54. The smallest absolute Gasteiger partial charge is 0.0270 e. The normalized spacial score (nSPS) is 38.8. The van der Waals surface area contributed by atoms with Crippen LogP contribution in [0.3, 0.4) is 0 Å². The molecule has 0 aromatic carbocycles. The third-order valence-electron chi connectivity index (χ3n) is 5.36. The van der Waals surface area contributed by atoms with Gasteiger partial charge in [0, 0.05) is 18.6 Å². The Hall–Kier alpha value is -0.120. The van der Waals surface area contributed by atoms with E-state index in [-0.39, 0.29) is 0 Å². The Labute approximate surface area is 119 Å². The lowest BCUT2D eigenvalue weighted by molar-refractivity contribution is 0.0717. The molecule has 1 saturated carbocycles. The molecule has 3 nitrogen and oxygen atoms in total. The molecular weight excluding hydrogens is 234 g/mol. The highest BCUT2D eigenvalue weighted by atomic mass is 15.2. The maximum absolute atomic E-state index is 6.44. The Morgan fingerprint density at radius 2 is 1.79 bits per heavy atom. The first kappa shape index (κ1) is 15.3. The highest BCUT2D eigenvalue weighted by molar-refractivity contribution is 4.92. The molecule has 3 heteroatoms. The maximum atomic E-state index is 6.44. The third kappa shape index (κ3) is 3.93. The van der Waals surface area contributed by atoms with Gasteiger partial charge in [0.05, 0.1) is 0 Å². The number of rotatable bonds is 3. The Balaban J connectivity index is 1.86. The van der Waals surface area contributed by atoms with Crippen LogP contribution in [-0.2, 0) is 0 Å². The van der Waals surface area contributed by atoms with E-state index in [2.05, 4.69) is 37.7 Å². The van der Waals surface area contributed by atoms with E-state index in [1.165, 1.54) is 45.3 Å². The first-order chi connectivity index (χ1) is 8.97. The van der Waals surface area contributed by atoms with Crippen molar-refractivity contribution in [3.05, 3.63) is 0 Å². The van der Waals surface area contributed by atoms with Crippen molar-refractivity contribution in [3.8, 4) is 0 Å². The molecular formula is C16H33N3. The first-order valence-corrected chi connectivity index (χ1v) is 8.11. The van der Waals surface area contributed by atoms with Crippen LogP contribution in [-0.4, -0.2) is 55.6 Å². The van der Waals surface area contributed by atoms with Gasteiger partial charge >= 0.3 is 0 Å². The van der Waals surface area contributed by atoms with Gasteiger partial charge in [0.2, 0.25) is 0 Å². The van der Waals surface area contributed by atoms with Crippen LogP contribution in [0, 0.1) is 17.8 Å². The average Bonchev–Trinajstić information content (AvgIpc) is 2.30. The molecule has 1 heterocycles. The van der Waals surface area contributed by atoms with Gasteiger partial charge in [-0.3, -0.25) is 0 Å². The van der Waals surface area contributed by atoms with Crippen LogP contribution in [0.25, 0.3) is 0 Å². The molecule has 112 valence electrons. The number of likely N-dealkylation sites (tertiary alicyclic amines) is 1. The largest absolute Gasteiger partial charge is 0.326 e. The molecule has 0 radical (unpaired) electrons. The van der Waals surface area contributed by atoms with Gasteiger partial charge < -0.3 is 15.5 Å². The summed E-state index contributed by atoms with van der Waals surface area (Å²) in [6, 6.07) is 0.964. The zero-order valence-corrected chi connectivity index (χ0v) is 13.3. The van der Waals surface area contributed by atoms with Gasteiger partial charge in [0.25, 0.3) is 0 Å². The van der Waals surface area contributed by atoms with E-state index in [1.54, 1.807) is 0 Å². The van der Waals surface area contributed by atoms with Crippen molar-refractivity contribution in [1.29, 1.82) is 0 Å². The van der Waals surface area contributed by atoms with E-state index in [0.717, 1.165) is 17.8 Å². The molecule has 0 bridgehead atoms. The van der Waals surface area contributed by atoms with Gasteiger partial charge in [-0.05, 0) is 70.6 Å². The molecule has 1 aliphatic carbocycles. The summed E-state index contributed by atoms with van der Waals surface area (Å²) in [5.41, 5.74) is 6.44. The Kier molecular flexibility index (Phi) is 5.27. The maximum Gasteiger partial charge on any atom is 0.0270 e. The number of hydrogen-bond donors (Lipinski definition) is 1. The minimum atomic E-state index is 0.370. The average molecular weight is 267 g/mol. The van der Waals surface area contributed by atoms with E-state index in [1.807, 2.05) is 0 Å². The molecule has 2 rings (SSSR count). The number of hydrogen-bond acceptors (Lipinski definition) is 3. The Bertz CT molecular complexity index is 261. The zero-order valence-electron chi connectivity index (χ0n) is 13.3. The number of piperidine rings is 1. The van der Waals surface area contributed by atoms with E-state index < -0.39 is 0 Å². The summed E-state index contributed by atoms with van der Waals surface area (Å²) in [4.78, 5) is 5.03. The van der Waals surface area contributed by atoms with Crippen molar-refractivity contribution >= 4 is 0 Å². The van der Waals surface area contributed by atoms with Crippen LogP contribution >= 0.6 is 0 Å². The van der Waals surface area contributed by atoms with Crippen molar-refractivity contribution in [3.63, 3.8) is 0 Å². The third-order valence-corrected chi connectivity index (χ3v) is 5.36. The second kappa shape index (κ2) is 6.55. The summed E-state index contributed by atoms with van der Waals surface area (Å²) in [6.45, 7) is 8.52. The van der Waals surface area contributed by atoms with Crippen LogP contribution in [0.1, 0.15) is 39.5 Å². The molecule has 19 heavy (non-hydrogen) atoms. The van der Waals surface area contributed by atoms with E-state index >= 15 is 0 Å². The first-order valence-electron chi connectivity index (χ1n) is 8.11. The topological polar surface area (TPSA) is 32.5 Å². The predicted octanol–water partition coefficient (Wildman–Crippen LogP) is 2.02. The molecule has 0 aromatic heterocycles. The summed E-state index contributed by atoms with van der Waals surface area (Å²) in [6.07, 6.45) is 5.25. The zero-order chi connectivity index (χ0) is 14.0. The SMILES string of the molecule is CC1CC(C)C(N(C)CC2CCN(C)CC2)C(N)C1. The number of likely N-dealkylation sites (N-methyl/N-ethyl adjacent to an activating group) is 1. The van der Waals surface area contributed by atoms with Gasteiger partial charge in [0.1, 0.15) is 0 Å². The molecule has 4 unspecified atom stereocenters. The lowest BCUT2D eigenvalue weighted by atomic mass is 9.76. The molecule has 2 fully saturated rings. The lowest BCUT2D eigenvalue weighted by Gasteiger charge is -2.44. The monoisotopic (exact) mass is 267 g/mol. The Morgan fingerprint density at radius 3 is 2.37 bits per heavy atom. The van der Waals surface area contributed by atoms with Gasteiger partial charge in [-0.2, -0.15) is 0 Å². The highest BCUT2D eigenvalue weighted by Crippen LogP contribution is 2.31. The van der Waals surface area contributed by atoms with Gasteiger partial charge in [-0.1, -0.05) is 13.8 Å². The van der Waals surface area contributed by atoms with E-state index in [0.29, 0.717) is 12.1 Å². The van der Waals surface area contributed by atoms with Crippen molar-refractivity contribution in [2.24, 2.45) is 23.5 Å². The van der Waals surface area contributed by atoms with E-state index in [9.17, 15) is 0 Å². The van der Waals surface area contributed by atoms with E-state index in [4.69, 9.17) is 5.73 Å². The molecule has 4 atom stereocenters. The van der Waals surface area contributed by atoms with Crippen LogP contribution in [0.4, 0.5) is 0 Å². The van der Waals surface area contributed by atoms with Crippen molar-refractivity contribution in [2.45, 2.75) is 51.6 Å². The minimum absolute atomic E-state index is 0.370. The van der Waals surface area contributed by atoms with Crippen molar-refractivity contribution in [2.75, 3.05) is 33.7 Å². The molecule has 0 aromatic rings. The Morgan fingerprint density at radius 1 is 1.16 bits per heavy atom. The number of nitrogens with two attached hydrogens (primary N) is 1. The second-order valence-electron chi connectivity index (χ2n) is 7.39. The van der Waals surface area contributed by atoms with Gasteiger partial charge in [-0.15, -0.1) is 0 Å². The van der Waals surface area contributed by atoms with Gasteiger partial charge in [-0.25, -0.2) is 0 Å². The summed E-state index contributed by atoms with van der Waals surface area (Å²) in [5.74, 6) is 2.42. The standard InChI is InChI=1S/C16H33N3/c1-12-9-13(2)16(15(17)10-12)19(4)11-14-5-7-18(3)8-6-14/h12-16H,5-11,17H2,1-4H3. The summed E-state index contributed by atoms with van der Waals surface area (Å²) < 4.78 is 0. The quantitative estimate of drug-likeness (QED) is 0.849. The fourth-order valence-corrected chi connectivity index (χ4v) is 4.43. The van der Waals surface area contributed by atoms with Crippen LogP contribution in [0.15, 0.2) is 0 Å². The summed E-state index contributed by atoms with van der Waals surface area (Å²) in [5, 5.41) is 0. The van der Waals surface area contributed by atoms with Crippen LogP contribution in [0.5, 0.6) is 0 Å². The second-order valence-corrected chi connectivity index (χ2v) is 7.39. The molecule has 1 saturated heterocycles. The molecule has 2 N–H and O–H groups in total. The van der Waals surface area contributed by atoms with Crippen LogP contribution in [0.2, 0.25) is 0 Å². The fourth-order valence-electron chi connectivity index (χ4n) is 4.43. The summed E-state index contributed by atoms with van der Waals surface area (Å²) >= 11 is 0. The highest BCUT2D eigenvalue weighted by Gasteiger charge is 2.35. The fraction of sp³-hybridized carbons (Fsp3) is 1.00. The van der Waals surface area contributed by atoms with Crippen LogP contribution < -0.4 is 5.73 Å². The molecule has 1 aliphatic heterocycles.